The highest BCUT2D eigenvalue weighted by atomic mass is 16.5. The van der Waals surface area contributed by atoms with Crippen LogP contribution in [0, 0.1) is 0 Å². The lowest BCUT2D eigenvalue weighted by Crippen LogP contribution is -2.17. The third-order valence-electron chi connectivity index (χ3n) is 3.68. The van der Waals surface area contributed by atoms with Crippen molar-refractivity contribution in [3.8, 4) is 5.75 Å². The van der Waals surface area contributed by atoms with Gasteiger partial charge in [-0.15, -0.1) is 0 Å². The Bertz CT molecular complexity index is 792. The predicted octanol–water partition coefficient (Wildman–Crippen LogP) is 4.39. The monoisotopic (exact) mass is 320 g/mol. The number of ether oxygens (including phenoxy) is 1. The first-order chi connectivity index (χ1) is 11.8. The van der Waals surface area contributed by atoms with Crippen LogP contribution in [0.3, 0.4) is 0 Å². The van der Waals surface area contributed by atoms with Gasteiger partial charge in [0, 0.05) is 18.3 Å². The molecule has 2 aromatic carbocycles. The zero-order chi connectivity index (χ0) is 16.8. The van der Waals surface area contributed by atoms with Crippen LogP contribution in [0.2, 0.25) is 0 Å². The second-order valence-electron chi connectivity index (χ2n) is 5.17. The molecule has 0 saturated heterocycles. The molecular formula is C19H20N4O. The molecular weight excluding hydrogens is 300 g/mol. The maximum Gasteiger partial charge on any atom is 0.142 e. The van der Waals surface area contributed by atoms with Crippen LogP contribution >= 0.6 is 0 Å². The summed E-state index contributed by atoms with van der Waals surface area (Å²) < 4.78 is 5.37. The maximum absolute atomic E-state index is 5.37. The van der Waals surface area contributed by atoms with Crippen LogP contribution < -0.4 is 15.0 Å². The van der Waals surface area contributed by atoms with Gasteiger partial charge in [-0.1, -0.05) is 30.3 Å². The lowest BCUT2D eigenvalue weighted by atomic mass is 10.2. The molecule has 3 aromatic rings. The molecule has 0 saturated carbocycles. The van der Waals surface area contributed by atoms with E-state index < -0.39 is 0 Å². The van der Waals surface area contributed by atoms with Gasteiger partial charge in [-0.2, -0.15) is 0 Å². The van der Waals surface area contributed by atoms with E-state index >= 15 is 0 Å². The summed E-state index contributed by atoms with van der Waals surface area (Å²) in [5.74, 6) is 2.34. The van der Waals surface area contributed by atoms with Crippen molar-refractivity contribution in [3.05, 3.63) is 67.0 Å². The highest BCUT2D eigenvalue weighted by Crippen LogP contribution is 2.28. The summed E-state index contributed by atoms with van der Waals surface area (Å²) >= 11 is 0. The molecule has 5 nitrogen and oxygen atoms in total. The van der Waals surface area contributed by atoms with Crippen molar-refractivity contribution in [1.29, 1.82) is 0 Å². The van der Waals surface area contributed by atoms with Crippen molar-refractivity contribution >= 4 is 23.0 Å². The number of methoxy groups -OCH3 is 1. The lowest BCUT2D eigenvalue weighted by molar-refractivity contribution is 0.417. The number of hydrogen-bond donors (Lipinski definition) is 1. The van der Waals surface area contributed by atoms with Crippen LogP contribution in [0.4, 0.5) is 23.0 Å². The molecule has 5 heteroatoms. The highest BCUT2D eigenvalue weighted by molar-refractivity contribution is 5.67. The maximum atomic E-state index is 5.37. The number of nitrogens with zero attached hydrogens (tertiary/aromatic N) is 3. The minimum absolute atomic E-state index is 0.721. The van der Waals surface area contributed by atoms with Crippen molar-refractivity contribution < 1.29 is 4.74 Å². The summed E-state index contributed by atoms with van der Waals surface area (Å²) in [4.78, 5) is 10.9. The van der Waals surface area contributed by atoms with E-state index in [1.165, 1.54) is 0 Å². The fourth-order valence-electron chi connectivity index (χ4n) is 2.53. The molecule has 0 spiro atoms. The lowest BCUT2D eigenvalue weighted by Gasteiger charge is -2.22. The summed E-state index contributed by atoms with van der Waals surface area (Å²) in [5.41, 5.74) is 1.97. The SMILES string of the molecule is CCN(c1ccccc1)c1cc(Nc2ccccc2OC)ncn1. The Morgan fingerprint density at radius 3 is 2.50 bits per heavy atom. The Labute approximate surface area is 142 Å². The van der Waals surface area contributed by atoms with E-state index in [4.69, 9.17) is 4.74 Å². The molecule has 24 heavy (non-hydrogen) atoms. The number of hydrogen-bond acceptors (Lipinski definition) is 5. The second-order valence-corrected chi connectivity index (χ2v) is 5.17. The number of benzene rings is 2. The smallest absolute Gasteiger partial charge is 0.142 e. The fraction of sp³-hybridized carbons (Fsp3) is 0.158. The average molecular weight is 320 g/mol. The minimum atomic E-state index is 0.721. The third kappa shape index (κ3) is 3.46. The summed E-state index contributed by atoms with van der Waals surface area (Å²) in [6, 6.07) is 19.9. The number of para-hydroxylation sites is 3. The van der Waals surface area contributed by atoms with Crippen LogP contribution in [0.5, 0.6) is 5.75 Å². The van der Waals surface area contributed by atoms with Crippen LogP contribution in [0.25, 0.3) is 0 Å². The summed E-state index contributed by atoms with van der Waals surface area (Å²) in [5, 5.41) is 3.29. The third-order valence-corrected chi connectivity index (χ3v) is 3.68. The number of anilines is 4. The summed E-state index contributed by atoms with van der Waals surface area (Å²) in [6.45, 7) is 2.91. The first-order valence-electron chi connectivity index (χ1n) is 7.86. The van der Waals surface area contributed by atoms with Gasteiger partial charge in [0.2, 0.25) is 0 Å². The molecule has 0 unspecified atom stereocenters. The van der Waals surface area contributed by atoms with Crippen molar-refractivity contribution in [3.63, 3.8) is 0 Å². The van der Waals surface area contributed by atoms with Crippen molar-refractivity contribution in [2.75, 3.05) is 23.9 Å². The summed E-state index contributed by atoms with van der Waals surface area (Å²) in [7, 11) is 1.65. The van der Waals surface area contributed by atoms with Gasteiger partial charge in [0.25, 0.3) is 0 Å². The van der Waals surface area contributed by atoms with E-state index in [2.05, 4.69) is 39.2 Å². The Kier molecular flexibility index (Phi) is 4.91. The molecule has 3 rings (SSSR count). The zero-order valence-electron chi connectivity index (χ0n) is 13.8. The van der Waals surface area contributed by atoms with Crippen LogP contribution in [-0.2, 0) is 0 Å². The quantitative estimate of drug-likeness (QED) is 0.730. The van der Waals surface area contributed by atoms with E-state index in [9.17, 15) is 0 Å². The Morgan fingerprint density at radius 1 is 1.00 bits per heavy atom. The Hall–Kier alpha value is -3.08. The molecule has 0 aliphatic rings. The standard InChI is InChI=1S/C19H20N4O/c1-3-23(15-9-5-4-6-10-15)19-13-18(20-14-21-19)22-16-11-7-8-12-17(16)24-2/h4-14H,3H2,1-2H3,(H,20,21,22). The second kappa shape index (κ2) is 7.46. The molecule has 1 aromatic heterocycles. The van der Waals surface area contributed by atoms with Crippen molar-refractivity contribution in [1.82, 2.24) is 9.97 Å². The molecule has 0 atom stereocenters. The predicted molar refractivity (Wildman–Crippen MR) is 97.4 cm³/mol. The molecule has 0 bridgehead atoms. The van der Waals surface area contributed by atoms with E-state index in [1.54, 1.807) is 13.4 Å². The zero-order valence-corrected chi connectivity index (χ0v) is 13.8. The highest BCUT2D eigenvalue weighted by Gasteiger charge is 2.10. The molecule has 0 aliphatic carbocycles. The topological polar surface area (TPSA) is 50.3 Å². The van der Waals surface area contributed by atoms with Gasteiger partial charge in [-0.25, -0.2) is 9.97 Å². The molecule has 1 N–H and O–H groups in total. The molecule has 1 heterocycles. The first-order valence-corrected chi connectivity index (χ1v) is 7.86. The van der Waals surface area contributed by atoms with Gasteiger partial charge >= 0.3 is 0 Å². The van der Waals surface area contributed by atoms with E-state index in [0.717, 1.165) is 35.3 Å². The van der Waals surface area contributed by atoms with Gasteiger partial charge in [-0.3, -0.25) is 0 Å². The largest absolute Gasteiger partial charge is 0.495 e. The molecule has 0 aliphatic heterocycles. The number of rotatable bonds is 6. The molecule has 0 amide bonds. The van der Waals surface area contributed by atoms with Gasteiger partial charge in [0.1, 0.15) is 23.7 Å². The number of aromatic nitrogens is 2. The van der Waals surface area contributed by atoms with Gasteiger partial charge < -0.3 is 15.0 Å². The van der Waals surface area contributed by atoms with Crippen molar-refractivity contribution in [2.45, 2.75) is 6.92 Å². The molecule has 122 valence electrons. The first kappa shape index (κ1) is 15.8. The fourth-order valence-corrected chi connectivity index (χ4v) is 2.53. The van der Waals surface area contributed by atoms with Crippen molar-refractivity contribution in [2.24, 2.45) is 0 Å². The summed E-state index contributed by atoms with van der Waals surface area (Å²) in [6.07, 6.45) is 1.57. The molecule has 0 radical (unpaired) electrons. The Morgan fingerprint density at radius 2 is 1.75 bits per heavy atom. The minimum Gasteiger partial charge on any atom is -0.495 e. The van der Waals surface area contributed by atoms with Gasteiger partial charge in [0.05, 0.1) is 12.8 Å². The van der Waals surface area contributed by atoms with Gasteiger partial charge in [0.15, 0.2) is 0 Å². The van der Waals surface area contributed by atoms with Crippen LogP contribution in [0.1, 0.15) is 6.92 Å². The average Bonchev–Trinajstić information content (AvgIpc) is 2.64. The Balaban J connectivity index is 1.89. The van der Waals surface area contributed by atoms with E-state index in [-0.39, 0.29) is 0 Å². The van der Waals surface area contributed by atoms with Gasteiger partial charge in [-0.05, 0) is 31.2 Å². The van der Waals surface area contributed by atoms with E-state index in [0.29, 0.717) is 0 Å². The normalized spacial score (nSPS) is 10.2. The molecule has 0 fully saturated rings. The van der Waals surface area contributed by atoms with Crippen LogP contribution in [-0.4, -0.2) is 23.6 Å². The van der Waals surface area contributed by atoms with E-state index in [1.807, 2.05) is 48.5 Å². The number of nitrogens with one attached hydrogen (secondary N) is 1. The van der Waals surface area contributed by atoms with Crippen LogP contribution in [0.15, 0.2) is 67.0 Å².